The first-order valence-electron chi connectivity index (χ1n) is 5.11. The topological polar surface area (TPSA) is 50.7 Å². The molecular formula is C12H12N2O2. The lowest BCUT2D eigenvalue weighted by molar-refractivity contribution is -0.136. The van der Waals surface area contributed by atoms with E-state index in [0.29, 0.717) is 11.3 Å². The van der Waals surface area contributed by atoms with Crippen molar-refractivity contribution in [3.63, 3.8) is 0 Å². The molecule has 82 valence electrons. The van der Waals surface area contributed by atoms with Crippen LogP contribution in [0.3, 0.4) is 0 Å². The second-order valence-electron chi connectivity index (χ2n) is 3.30. The van der Waals surface area contributed by atoms with Crippen LogP contribution >= 0.6 is 0 Å². The molecule has 0 atom stereocenters. The Kier molecular flexibility index (Phi) is 3.00. The van der Waals surface area contributed by atoms with E-state index >= 15 is 0 Å². The van der Waals surface area contributed by atoms with E-state index in [4.69, 9.17) is 0 Å². The van der Waals surface area contributed by atoms with Crippen molar-refractivity contribution >= 4 is 11.7 Å². The average molecular weight is 216 g/mol. The van der Waals surface area contributed by atoms with Gasteiger partial charge in [-0.2, -0.15) is 0 Å². The fourth-order valence-electron chi connectivity index (χ4n) is 1.42. The fourth-order valence-corrected chi connectivity index (χ4v) is 1.42. The van der Waals surface area contributed by atoms with Crippen molar-refractivity contribution in [3.8, 4) is 0 Å². The smallest absolute Gasteiger partial charge is 0.369 e. The maximum absolute atomic E-state index is 11.4. The summed E-state index contributed by atoms with van der Waals surface area (Å²) in [5.74, 6) is -0.417. The molecule has 1 heterocycles. The van der Waals surface area contributed by atoms with Crippen molar-refractivity contribution in [2.75, 3.05) is 6.54 Å². The number of rotatable bonds is 3. The van der Waals surface area contributed by atoms with Crippen LogP contribution in [0.25, 0.3) is 0 Å². The summed E-state index contributed by atoms with van der Waals surface area (Å²) < 4.78 is 0. The van der Waals surface area contributed by atoms with Gasteiger partial charge < -0.3 is 10.2 Å². The highest BCUT2D eigenvalue weighted by Crippen LogP contribution is 2.16. The molecule has 2 rings (SSSR count). The van der Waals surface area contributed by atoms with Crippen molar-refractivity contribution < 1.29 is 9.63 Å². The maximum Gasteiger partial charge on any atom is 0.369 e. The molecule has 1 aromatic rings. The van der Waals surface area contributed by atoms with E-state index in [9.17, 15) is 4.79 Å². The first-order chi connectivity index (χ1) is 7.83. The van der Waals surface area contributed by atoms with Crippen LogP contribution in [0.15, 0.2) is 47.3 Å². The van der Waals surface area contributed by atoms with Crippen LogP contribution in [0.4, 0.5) is 0 Å². The van der Waals surface area contributed by atoms with Crippen LogP contribution in [0.1, 0.15) is 12.5 Å². The second-order valence-corrected chi connectivity index (χ2v) is 3.30. The van der Waals surface area contributed by atoms with Gasteiger partial charge in [0.2, 0.25) is 0 Å². The molecule has 1 aromatic carbocycles. The Morgan fingerprint density at radius 1 is 1.38 bits per heavy atom. The van der Waals surface area contributed by atoms with Gasteiger partial charge in [0.15, 0.2) is 0 Å². The van der Waals surface area contributed by atoms with Gasteiger partial charge in [-0.1, -0.05) is 35.5 Å². The molecule has 0 saturated carbocycles. The average Bonchev–Trinajstić information content (AvgIpc) is 2.69. The number of benzene rings is 1. The van der Waals surface area contributed by atoms with Crippen molar-refractivity contribution in [1.82, 2.24) is 5.32 Å². The molecule has 1 aliphatic heterocycles. The third-order valence-corrected chi connectivity index (χ3v) is 2.19. The molecule has 0 spiro atoms. The minimum absolute atomic E-state index is 0.417. The van der Waals surface area contributed by atoms with Gasteiger partial charge in [0.1, 0.15) is 11.3 Å². The van der Waals surface area contributed by atoms with E-state index in [2.05, 4.69) is 15.3 Å². The van der Waals surface area contributed by atoms with Crippen molar-refractivity contribution in [1.29, 1.82) is 0 Å². The molecule has 0 unspecified atom stereocenters. The fraction of sp³-hybridized carbons (Fsp3) is 0.167. The Bertz CT molecular complexity index is 449. The summed E-state index contributed by atoms with van der Waals surface area (Å²) >= 11 is 0. The Morgan fingerprint density at radius 3 is 2.81 bits per heavy atom. The Labute approximate surface area is 93.6 Å². The summed E-state index contributed by atoms with van der Waals surface area (Å²) in [6.45, 7) is 2.70. The van der Waals surface area contributed by atoms with Gasteiger partial charge >= 0.3 is 5.97 Å². The number of nitrogens with zero attached hydrogens (tertiary/aromatic N) is 1. The number of nitrogens with one attached hydrogen (secondary N) is 1. The number of hydrogen-bond donors (Lipinski definition) is 1. The molecule has 0 radical (unpaired) electrons. The van der Waals surface area contributed by atoms with Crippen molar-refractivity contribution in [3.05, 3.63) is 47.7 Å². The molecule has 4 nitrogen and oxygen atoms in total. The van der Waals surface area contributed by atoms with Gasteiger partial charge in [-0.25, -0.2) is 4.79 Å². The van der Waals surface area contributed by atoms with Crippen molar-refractivity contribution in [2.24, 2.45) is 5.16 Å². The standard InChI is InChI=1S/C12H12N2O2/c1-2-13-8-10-11(14-16-12(10)15)9-6-4-3-5-7-9/h3-8,13H,2H2,1H3. The summed E-state index contributed by atoms with van der Waals surface area (Å²) in [5.41, 5.74) is 1.91. The lowest BCUT2D eigenvalue weighted by Gasteiger charge is -2.00. The molecule has 0 saturated heterocycles. The zero-order chi connectivity index (χ0) is 11.4. The molecule has 16 heavy (non-hydrogen) atoms. The molecule has 4 heteroatoms. The molecule has 0 aliphatic carbocycles. The molecule has 1 aliphatic rings. The Morgan fingerprint density at radius 2 is 2.12 bits per heavy atom. The Hall–Kier alpha value is -2.10. The predicted molar refractivity (Wildman–Crippen MR) is 60.8 cm³/mol. The molecule has 0 bridgehead atoms. The summed E-state index contributed by atoms with van der Waals surface area (Å²) in [4.78, 5) is 16.1. The van der Waals surface area contributed by atoms with E-state index < -0.39 is 5.97 Å². The van der Waals surface area contributed by atoms with Gasteiger partial charge in [0.05, 0.1) is 0 Å². The van der Waals surface area contributed by atoms with Crippen LogP contribution in [0, 0.1) is 0 Å². The number of oxime groups is 1. The van der Waals surface area contributed by atoms with Crippen LogP contribution < -0.4 is 5.32 Å². The minimum atomic E-state index is -0.417. The molecule has 1 N–H and O–H groups in total. The van der Waals surface area contributed by atoms with Crippen LogP contribution in [-0.4, -0.2) is 18.2 Å². The summed E-state index contributed by atoms with van der Waals surface area (Å²) in [6.07, 6.45) is 1.64. The van der Waals surface area contributed by atoms with Gasteiger partial charge in [-0.3, -0.25) is 0 Å². The van der Waals surface area contributed by atoms with Crippen LogP contribution in [0.5, 0.6) is 0 Å². The number of carbonyl (C=O) groups is 1. The lowest BCUT2D eigenvalue weighted by atomic mass is 10.0. The lowest BCUT2D eigenvalue weighted by Crippen LogP contribution is -2.13. The molecular weight excluding hydrogens is 204 g/mol. The third kappa shape index (κ3) is 1.95. The van der Waals surface area contributed by atoms with Gasteiger partial charge in [0.25, 0.3) is 0 Å². The molecule has 0 aromatic heterocycles. The minimum Gasteiger partial charge on any atom is -0.390 e. The number of carbonyl (C=O) groups excluding carboxylic acids is 1. The Balaban J connectivity index is 2.31. The van der Waals surface area contributed by atoms with E-state index in [1.54, 1.807) is 6.20 Å². The van der Waals surface area contributed by atoms with Gasteiger partial charge in [-0.15, -0.1) is 0 Å². The van der Waals surface area contributed by atoms with E-state index in [0.717, 1.165) is 12.1 Å². The predicted octanol–water partition coefficient (Wildman–Crippen LogP) is 1.44. The molecule has 0 fully saturated rings. The monoisotopic (exact) mass is 216 g/mol. The SMILES string of the molecule is CCNC=C1C(=O)ON=C1c1ccccc1. The normalized spacial score (nSPS) is 17.2. The zero-order valence-corrected chi connectivity index (χ0v) is 8.93. The van der Waals surface area contributed by atoms with E-state index in [1.807, 2.05) is 37.3 Å². The highest BCUT2D eigenvalue weighted by Gasteiger charge is 2.26. The van der Waals surface area contributed by atoms with Crippen LogP contribution in [-0.2, 0) is 9.63 Å². The third-order valence-electron chi connectivity index (χ3n) is 2.19. The first-order valence-corrected chi connectivity index (χ1v) is 5.11. The largest absolute Gasteiger partial charge is 0.390 e. The summed E-state index contributed by atoms with van der Waals surface area (Å²) in [5, 5.41) is 6.76. The first kappa shape index (κ1) is 10.4. The zero-order valence-electron chi connectivity index (χ0n) is 8.93. The van der Waals surface area contributed by atoms with Gasteiger partial charge in [0, 0.05) is 18.3 Å². The second kappa shape index (κ2) is 4.61. The summed E-state index contributed by atoms with van der Waals surface area (Å²) in [6, 6.07) is 9.48. The van der Waals surface area contributed by atoms with Crippen LogP contribution in [0.2, 0.25) is 0 Å². The van der Waals surface area contributed by atoms with Crippen molar-refractivity contribution in [2.45, 2.75) is 6.92 Å². The maximum atomic E-state index is 11.4. The highest BCUT2D eigenvalue weighted by atomic mass is 16.7. The quantitative estimate of drug-likeness (QED) is 0.614. The highest BCUT2D eigenvalue weighted by molar-refractivity contribution is 6.28. The van der Waals surface area contributed by atoms with Gasteiger partial charge in [-0.05, 0) is 6.92 Å². The molecule has 0 amide bonds. The number of hydrogen-bond acceptors (Lipinski definition) is 4. The van der Waals surface area contributed by atoms with E-state index in [-0.39, 0.29) is 0 Å². The summed E-state index contributed by atoms with van der Waals surface area (Å²) in [7, 11) is 0. The van der Waals surface area contributed by atoms with E-state index in [1.165, 1.54) is 0 Å².